The van der Waals surface area contributed by atoms with E-state index in [2.05, 4.69) is 25.5 Å². The van der Waals surface area contributed by atoms with E-state index in [0.717, 1.165) is 24.6 Å². The van der Waals surface area contributed by atoms with Crippen LogP contribution >= 0.6 is 0 Å². The molecule has 0 radical (unpaired) electrons. The van der Waals surface area contributed by atoms with Gasteiger partial charge in [0, 0.05) is 23.7 Å². The van der Waals surface area contributed by atoms with Crippen LogP contribution < -0.4 is 0 Å². The van der Waals surface area contributed by atoms with E-state index in [9.17, 15) is 8.78 Å². The van der Waals surface area contributed by atoms with E-state index in [1.165, 1.54) is 12.1 Å². The number of nitrogens with zero attached hydrogens (tertiary/aromatic N) is 6. The maximum Gasteiger partial charge on any atom is 0.190 e. The van der Waals surface area contributed by atoms with Crippen molar-refractivity contribution in [1.82, 2.24) is 30.2 Å². The van der Waals surface area contributed by atoms with Crippen LogP contribution in [0.2, 0.25) is 0 Å². The van der Waals surface area contributed by atoms with Crippen molar-refractivity contribution in [2.45, 2.75) is 18.8 Å². The van der Waals surface area contributed by atoms with Crippen LogP contribution in [0, 0.1) is 11.6 Å². The van der Waals surface area contributed by atoms with Gasteiger partial charge in [-0.1, -0.05) is 18.2 Å². The van der Waals surface area contributed by atoms with Gasteiger partial charge < -0.3 is 0 Å². The maximum absolute atomic E-state index is 14.6. The Hall–Kier alpha value is -3.55. The zero-order valence-electron chi connectivity index (χ0n) is 14.6. The molecule has 0 spiro atoms. The fourth-order valence-corrected chi connectivity index (χ4v) is 3.08. The number of rotatable bonds is 4. The first-order valence-corrected chi connectivity index (χ1v) is 8.87. The lowest BCUT2D eigenvalue weighted by Gasteiger charge is -2.11. The summed E-state index contributed by atoms with van der Waals surface area (Å²) in [4.78, 5) is 9.05. The van der Waals surface area contributed by atoms with Crippen molar-refractivity contribution >= 4 is 0 Å². The van der Waals surface area contributed by atoms with Gasteiger partial charge in [0.2, 0.25) is 0 Å². The summed E-state index contributed by atoms with van der Waals surface area (Å²) in [7, 11) is 0. The molecule has 1 fully saturated rings. The fraction of sp³-hybridized carbons (Fsp3) is 0.150. The average molecular weight is 376 g/mol. The number of benzene rings is 2. The highest BCUT2D eigenvalue weighted by atomic mass is 19.1. The summed E-state index contributed by atoms with van der Waals surface area (Å²) in [6.45, 7) is 0. The van der Waals surface area contributed by atoms with E-state index in [-0.39, 0.29) is 11.5 Å². The highest BCUT2D eigenvalue weighted by Crippen LogP contribution is 2.40. The van der Waals surface area contributed by atoms with Gasteiger partial charge in [-0.25, -0.2) is 18.7 Å². The lowest BCUT2D eigenvalue weighted by Crippen LogP contribution is -2.04. The largest absolute Gasteiger partial charge is 0.240 e. The van der Waals surface area contributed by atoms with Crippen LogP contribution in [0.4, 0.5) is 8.78 Å². The molecule has 0 N–H and O–H groups in total. The van der Waals surface area contributed by atoms with Crippen molar-refractivity contribution in [1.29, 1.82) is 0 Å². The summed E-state index contributed by atoms with van der Waals surface area (Å²) in [5, 5.41) is 11.9. The normalized spacial score (nSPS) is 13.6. The van der Waals surface area contributed by atoms with Crippen molar-refractivity contribution in [3.8, 4) is 28.3 Å². The standard InChI is InChI=1S/C20H14F2N6/c21-13-8-9-15(17(22)10-13)18-16(11-23-19(24-18)12-6-7-12)20-25-26-27-28(20)14-4-2-1-3-5-14/h1-5,8-12H,6-7H2. The van der Waals surface area contributed by atoms with E-state index in [1.54, 1.807) is 10.9 Å². The minimum atomic E-state index is -0.694. The summed E-state index contributed by atoms with van der Waals surface area (Å²) in [5.74, 6) is -0.0243. The van der Waals surface area contributed by atoms with E-state index in [4.69, 9.17) is 0 Å². The molecule has 0 atom stereocenters. The summed E-state index contributed by atoms with van der Waals surface area (Å²) in [6, 6.07) is 12.8. The van der Waals surface area contributed by atoms with Crippen LogP contribution in [0.1, 0.15) is 24.6 Å². The average Bonchev–Trinajstić information content (AvgIpc) is 3.45. The minimum absolute atomic E-state index is 0.184. The third kappa shape index (κ3) is 2.92. The van der Waals surface area contributed by atoms with Crippen molar-refractivity contribution < 1.29 is 8.78 Å². The lowest BCUT2D eigenvalue weighted by molar-refractivity contribution is 0.585. The van der Waals surface area contributed by atoms with Crippen molar-refractivity contribution in [3.63, 3.8) is 0 Å². The summed E-state index contributed by atoms with van der Waals surface area (Å²) < 4.78 is 29.5. The predicted octanol–water partition coefficient (Wildman–Crippen LogP) is 3.94. The lowest BCUT2D eigenvalue weighted by atomic mass is 10.1. The number of tetrazole rings is 1. The third-order valence-electron chi connectivity index (χ3n) is 4.65. The SMILES string of the molecule is Fc1ccc(-c2nc(C3CC3)ncc2-c2nnnn2-c2ccccc2)c(F)c1. The predicted molar refractivity (Wildman–Crippen MR) is 97.5 cm³/mol. The first kappa shape index (κ1) is 16.6. The first-order chi connectivity index (χ1) is 13.7. The second-order valence-corrected chi connectivity index (χ2v) is 6.64. The molecule has 1 saturated carbocycles. The van der Waals surface area contributed by atoms with Crippen LogP contribution in [-0.2, 0) is 0 Å². The molecule has 2 heterocycles. The van der Waals surface area contributed by atoms with Crippen molar-refractivity contribution in [2.24, 2.45) is 0 Å². The molecular weight excluding hydrogens is 362 g/mol. The number of para-hydroxylation sites is 1. The molecule has 0 saturated heterocycles. The molecular formula is C20H14F2N6. The molecule has 8 heteroatoms. The molecule has 138 valence electrons. The Labute approximate surface area is 158 Å². The highest BCUT2D eigenvalue weighted by Gasteiger charge is 2.29. The zero-order valence-corrected chi connectivity index (χ0v) is 14.6. The minimum Gasteiger partial charge on any atom is -0.240 e. The second kappa shape index (κ2) is 6.56. The quantitative estimate of drug-likeness (QED) is 0.540. The number of hydrogen-bond donors (Lipinski definition) is 0. The molecule has 0 unspecified atom stereocenters. The molecule has 0 amide bonds. The van der Waals surface area contributed by atoms with Crippen LogP contribution in [0.25, 0.3) is 28.3 Å². The Kier molecular flexibility index (Phi) is 3.89. The van der Waals surface area contributed by atoms with Gasteiger partial charge in [-0.15, -0.1) is 5.10 Å². The van der Waals surface area contributed by atoms with Crippen molar-refractivity contribution in [3.05, 3.63) is 72.2 Å². The van der Waals surface area contributed by atoms with Crippen LogP contribution in [0.3, 0.4) is 0 Å². The van der Waals surface area contributed by atoms with Gasteiger partial charge in [-0.3, -0.25) is 0 Å². The van der Waals surface area contributed by atoms with Crippen LogP contribution in [0.5, 0.6) is 0 Å². The molecule has 4 aromatic rings. The van der Waals surface area contributed by atoms with Gasteiger partial charge in [-0.2, -0.15) is 4.68 Å². The van der Waals surface area contributed by atoms with Gasteiger partial charge in [0.25, 0.3) is 0 Å². The molecule has 2 aromatic heterocycles. The Morgan fingerprint density at radius 2 is 1.79 bits per heavy atom. The Balaban J connectivity index is 1.72. The molecule has 1 aliphatic carbocycles. The summed E-state index contributed by atoms with van der Waals surface area (Å²) in [6.07, 6.45) is 3.63. The summed E-state index contributed by atoms with van der Waals surface area (Å²) in [5.41, 5.74) is 1.76. The first-order valence-electron chi connectivity index (χ1n) is 8.87. The number of hydrogen-bond acceptors (Lipinski definition) is 5. The smallest absolute Gasteiger partial charge is 0.190 e. The van der Waals surface area contributed by atoms with Gasteiger partial charge in [0.1, 0.15) is 17.5 Å². The van der Waals surface area contributed by atoms with Crippen LogP contribution in [0.15, 0.2) is 54.7 Å². The molecule has 1 aliphatic rings. The highest BCUT2D eigenvalue weighted by molar-refractivity contribution is 5.77. The fourth-order valence-electron chi connectivity index (χ4n) is 3.08. The van der Waals surface area contributed by atoms with Gasteiger partial charge in [0.15, 0.2) is 5.82 Å². The third-order valence-corrected chi connectivity index (χ3v) is 4.65. The zero-order chi connectivity index (χ0) is 19.1. The Morgan fingerprint density at radius 3 is 2.54 bits per heavy atom. The van der Waals surface area contributed by atoms with Gasteiger partial charge in [-0.05, 0) is 47.5 Å². The molecule has 2 aromatic carbocycles. The van der Waals surface area contributed by atoms with Gasteiger partial charge >= 0.3 is 0 Å². The monoisotopic (exact) mass is 376 g/mol. The topological polar surface area (TPSA) is 69.4 Å². The maximum atomic E-state index is 14.6. The Bertz CT molecular complexity index is 1150. The molecule has 6 nitrogen and oxygen atoms in total. The molecule has 5 rings (SSSR count). The van der Waals surface area contributed by atoms with Crippen molar-refractivity contribution in [2.75, 3.05) is 0 Å². The van der Waals surface area contributed by atoms with E-state index >= 15 is 0 Å². The van der Waals surface area contributed by atoms with Gasteiger partial charge in [0.05, 0.1) is 16.9 Å². The Morgan fingerprint density at radius 1 is 0.964 bits per heavy atom. The van der Waals surface area contributed by atoms with E-state index < -0.39 is 11.6 Å². The molecule has 28 heavy (non-hydrogen) atoms. The second-order valence-electron chi connectivity index (χ2n) is 6.64. The van der Waals surface area contributed by atoms with E-state index in [1.807, 2.05) is 30.3 Å². The number of halogens is 2. The number of aromatic nitrogens is 6. The summed E-state index contributed by atoms with van der Waals surface area (Å²) >= 11 is 0. The van der Waals surface area contributed by atoms with Crippen LogP contribution in [-0.4, -0.2) is 30.2 Å². The van der Waals surface area contributed by atoms with E-state index in [0.29, 0.717) is 22.9 Å². The molecule has 0 bridgehead atoms. The molecule has 0 aliphatic heterocycles.